The Labute approximate surface area is 169 Å². The van der Waals surface area contributed by atoms with Crippen molar-refractivity contribution in [3.05, 3.63) is 71.7 Å². The fourth-order valence-corrected chi connectivity index (χ4v) is 3.76. The third kappa shape index (κ3) is 4.38. The molecule has 1 saturated heterocycles. The zero-order valence-electron chi connectivity index (χ0n) is 16.6. The summed E-state index contributed by atoms with van der Waals surface area (Å²) in [4.78, 5) is 18.8. The molecule has 2 unspecified atom stereocenters. The third-order valence-corrected chi connectivity index (χ3v) is 5.10. The van der Waals surface area contributed by atoms with Gasteiger partial charge >= 0.3 is 0 Å². The Hall–Kier alpha value is -2.99. The lowest BCUT2D eigenvalue weighted by Gasteiger charge is -2.35. The minimum Gasteiger partial charge on any atom is -0.380 e. The number of ether oxygens (including phenoxy) is 1. The number of morpholine rings is 1. The molecule has 0 bridgehead atoms. The molecule has 2 atom stereocenters. The lowest BCUT2D eigenvalue weighted by Crippen LogP contribution is -2.48. The maximum atomic E-state index is 13.4. The Morgan fingerprint density at radius 2 is 1.86 bits per heavy atom. The molecule has 0 aliphatic carbocycles. The summed E-state index contributed by atoms with van der Waals surface area (Å²) in [6.45, 7) is 5.80. The van der Waals surface area contributed by atoms with Crippen LogP contribution in [0.1, 0.15) is 29.8 Å². The minimum absolute atomic E-state index is 0.0358. The van der Waals surface area contributed by atoms with Crippen LogP contribution in [0.2, 0.25) is 0 Å². The summed E-state index contributed by atoms with van der Waals surface area (Å²) in [7, 11) is 0. The van der Waals surface area contributed by atoms with Crippen LogP contribution in [-0.4, -0.2) is 41.1 Å². The van der Waals surface area contributed by atoms with Crippen molar-refractivity contribution in [2.45, 2.75) is 32.6 Å². The van der Waals surface area contributed by atoms with E-state index in [1.165, 1.54) is 12.1 Å². The first-order valence-electron chi connectivity index (χ1n) is 9.81. The zero-order valence-corrected chi connectivity index (χ0v) is 16.6. The molecule has 1 N–H and O–H groups in total. The highest BCUT2D eigenvalue weighted by molar-refractivity contribution is 5.94. The van der Waals surface area contributed by atoms with Crippen LogP contribution in [-0.2, 0) is 11.3 Å². The van der Waals surface area contributed by atoms with Gasteiger partial charge in [-0.1, -0.05) is 12.1 Å². The summed E-state index contributed by atoms with van der Waals surface area (Å²) in [6, 6.07) is 14.1. The van der Waals surface area contributed by atoms with Gasteiger partial charge in [-0.25, -0.2) is 4.39 Å². The van der Waals surface area contributed by atoms with Crippen molar-refractivity contribution in [1.82, 2.24) is 9.88 Å². The van der Waals surface area contributed by atoms with Crippen molar-refractivity contribution in [2.24, 2.45) is 0 Å². The van der Waals surface area contributed by atoms with E-state index in [0.29, 0.717) is 30.7 Å². The summed E-state index contributed by atoms with van der Waals surface area (Å²) in [5.74, 6) is -0.264. The molecule has 0 radical (unpaired) electrons. The number of hydrogen-bond donors (Lipinski definition) is 1. The minimum atomic E-state index is -0.300. The van der Waals surface area contributed by atoms with E-state index < -0.39 is 0 Å². The summed E-state index contributed by atoms with van der Waals surface area (Å²) in [5.41, 5.74) is 3.24. The van der Waals surface area contributed by atoms with Crippen molar-refractivity contribution in [3.8, 4) is 0 Å². The van der Waals surface area contributed by atoms with Gasteiger partial charge in [-0.3, -0.25) is 9.78 Å². The van der Waals surface area contributed by atoms with Crippen molar-refractivity contribution in [3.63, 3.8) is 0 Å². The molecule has 6 heteroatoms. The van der Waals surface area contributed by atoms with Gasteiger partial charge in [-0.2, -0.15) is 0 Å². The molecule has 1 aliphatic heterocycles. The highest BCUT2D eigenvalue weighted by Gasteiger charge is 2.26. The molecule has 5 nitrogen and oxygen atoms in total. The first kappa shape index (κ1) is 19.3. The van der Waals surface area contributed by atoms with Crippen LogP contribution in [0.3, 0.4) is 0 Å². The second-order valence-electron chi connectivity index (χ2n) is 7.54. The van der Waals surface area contributed by atoms with Crippen LogP contribution in [0.15, 0.2) is 54.7 Å². The van der Waals surface area contributed by atoms with Gasteiger partial charge in [0, 0.05) is 48.5 Å². The number of nitrogens with zero attached hydrogens (tertiary/aromatic N) is 2. The Bertz CT molecular complexity index is 1010. The maximum Gasteiger partial charge on any atom is 0.254 e. The van der Waals surface area contributed by atoms with Crippen LogP contribution >= 0.6 is 0 Å². The molecule has 1 aliphatic rings. The van der Waals surface area contributed by atoms with Crippen LogP contribution in [0, 0.1) is 5.82 Å². The fraction of sp³-hybridized carbons (Fsp3) is 0.304. The number of hydrogen-bond acceptors (Lipinski definition) is 4. The number of amides is 1. The second kappa shape index (κ2) is 8.17. The van der Waals surface area contributed by atoms with Crippen LogP contribution in [0.5, 0.6) is 0 Å². The lowest BCUT2D eigenvalue weighted by atomic mass is 10.1. The number of rotatable bonds is 4. The first-order chi connectivity index (χ1) is 14.0. The van der Waals surface area contributed by atoms with Crippen LogP contribution in [0.25, 0.3) is 10.9 Å². The number of pyridine rings is 1. The smallest absolute Gasteiger partial charge is 0.254 e. The van der Waals surface area contributed by atoms with Crippen molar-refractivity contribution in [2.75, 3.05) is 18.4 Å². The number of halogens is 1. The normalized spacial score (nSPS) is 19.3. The molecule has 150 valence electrons. The van der Waals surface area contributed by atoms with E-state index in [0.717, 1.165) is 16.6 Å². The number of aromatic nitrogens is 1. The predicted octanol–water partition coefficient (Wildman–Crippen LogP) is 4.24. The number of carbonyl (C=O) groups is 1. The highest BCUT2D eigenvalue weighted by atomic mass is 19.1. The number of benzene rings is 2. The van der Waals surface area contributed by atoms with E-state index in [2.05, 4.69) is 10.3 Å². The molecule has 2 aromatic carbocycles. The summed E-state index contributed by atoms with van der Waals surface area (Å²) >= 11 is 0. The molecule has 2 heterocycles. The van der Waals surface area contributed by atoms with E-state index in [4.69, 9.17) is 4.74 Å². The largest absolute Gasteiger partial charge is 0.380 e. The highest BCUT2D eigenvalue weighted by Crippen LogP contribution is 2.23. The molecule has 3 aromatic rings. The molecular weight excluding hydrogens is 369 g/mol. The average Bonchev–Trinajstić information content (AvgIpc) is 2.71. The summed E-state index contributed by atoms with van der Waals surface area (Å²) < 4.78 is 19.1. The number of anilines is 1. The third-order valence-electron chi connectivity index (χ3n) is 5.10. The Balaban J connectivity index is 1.43. The molecule has 1 amide bonds. The predicted molar refractivity (Wildman–Crippen MR) is 111 cm³/mol. The molecule has 29 heavy (non-hydrogen) atoms. The summed E-state index contributed by atoms with van der Waals surface area (Å²) in [6.07, 6.45) is 1.76. The standard InChI is InChI=1S/C23H24FN3O2/c1-15-13-27(14-16(2)29-15)23(28)18-5-3-17(4-6-18)12-26-21-9-10-25-22-11-19(24)7-8-20(21)22/h3-11,15-16H,12-14H2,1-2H3,(H,25,26). The van der Waals surface area contributed by atoms with Gasteiger partial charge in [-0.15, -0.1) is 0 Å². The molecule has 0 saturated carbocycles. The van der Waals surface area contributed by atoms with Gasteiger partial charge in [-0.05, 0) is 49.7 Å². The number of nitrogens with one attached hydrogen (secondary N) is 1. The van der Waals surface area contributed by atoms with E-state index in [1.54, 1.807) is 12.3 Å². The van der Waals surface area contributed by atoms with Gasteiger partial charge in [0.15, 0.2) is 0 Å². The zero-order chi connectivity index (χ0) is 20.4. The number of fused-ring (bicyclic) bond motifs is 1. The van der Waals surface area contributed by atoms with Crippen molar-refractivity contribution < 1.29 is 13.9 Å². The van der Waals surface area contributed by atoms with E-state index in [9.17, 15) is 9.18 Å². The topological polar surface area (TPSA) is 54.5 Å². The molecule has 4 rings (SSSR count). The van der Waals surface area contributed by atoms with Gasteiger partial charge in [0.05, 0.1) is 17.7 Å². The van der Waals surface area contributed by atoms with Crippen molar-refractivity contribution in [1.29, 1.82) is 0 Å². The van der Waals surface area contributed by atoms with Crippen LogP contribution in [0.4, 0.5) is 10.1 Å². The Kier molecular flexibility index (Phi) is 5.45. The van der Waals surface area contributed by atoms with Gasteiger partial charge in [0.2, 0.25) is 0 Å². The van der Waals surface area contributed by atoms with Crippen LogP contribution < -0.4 is 5.32 Å². The van der Waals surface area contributed by atoms with Gasteiger partial charge < -0.3 is 15.0 Å². The lowest BCUT2D eigenvalue weighted by molar-refractivity contribution is -0.0586. The summed E-state index contributed by atoms with van der Waals surface area (Å²) in [5, 5.41) is 4.24. The first-order valence-corrected chi connectivity index (χ1v) is 9.81. The van der Waals surface area contributed by atoms with Gasteiger partial charge in [0.1, 0.15) is 5.82 Å². The Morgan fingerprint density at radius 3 is 2.59 bits per heavy atom. The molecule has 1 fully saturated rings. The average molecular weight is 393 g/mol. The van der Waals surface area contributed by atoms with E-state index >= 15 is 0 Å². The fourth-order valence-electron chi connectivity index (χ4n) is 3.76. The monoisotopic (exact) mass is 393 g/mol. The van der Waals surface area contributed by atoms with E-state index in [-0.39, 0.29) is 23.9 Å². The molecule has 0 spiro atoms. The van der Waals surface area contributed by atoms with Gasteiger partial charge in [0.25, 0.3) is 5.91 Å². The molecular formula is C23H24FN3O2. The number of carbonyl (C=O) groups excluding carboxylic acids is 1. The van der Waals surface area contributed by atoms with Crippen molar-refractivity contribution >= 4 is 22.5 Å². The SMILES string of the molecule is CC1CN(C(=O)c2ccc(CNc3ccnc4cc(F)ccc34)cc2)CC(C)O1. The maximum absolute atomic E-state index is 13.4. The Morgan fingerprint density at radius 1 is 1.14 bits per heavy atom. The van der Waals surface area contributed by atoms with E-state index in [1.807, 2.05) is 49.1 Å². The molecule has 1 aromatic heterocycles. The quantitative estimate of drug-likeness (QED) is 0.721. The second-order valence-corrected chi connectivity index (χ2v) is 7.54.